The number of hydrogen-bond acceptors (Lipinski definition) is 3. The van der Waals surface area contributed by atoms with Crippen molar-refractivity contribution in [3.8, 4) is 0 Å². The molecule has 0 aromatic rings. The lowest BCUT2D eigenvalue weighted by Crippen LogP contribution is -2.53. The van der Waals surface area contributed by atoms with Crippen LogP contribution in [0.15, 0.2) is 0 Å². The maximum Gasteiger partial charge on any atom is 0.405 e. The Morgan fingerprint density at radius 2 is 1.50 bits per heavy atom. The van der Waals surface area contributed by atoms with E-state index in [1.807, 2.05) is 6.92 Å². The molecule has 0 saturated carbocycles. The fraction of sp³-hybridized carbons (Fsp3) is 0.950. The Kier molecular flexibility index (Phi) is 13.3. The lowest BCUT2D eigenvalue weighted by atomic mass is 9.93. The zero-order valence-electron chi connectivity index (χ0n) is 18.0. The molecular formula is C20H38F3NO3S. The molecule has 0 aromatic heterocycles. The van der Waals surface area contributed by atoms with Crippen LogP contribution in [0.25, 0.3) is 0 Å². The summed E-state index contributed by atoms with van der Waals surface area (Å²) in [6, 6.07) is -2.18. The van der Waals surface area contributed by atoms with Gasteiger partial charge in [0.05, 0.1) is 28.3 Å². The van der Waals surface area contributed by atoms with Gasteiger partial charge in [-0.1, -0.05) is 58.8 Å². The normalized spacial score (nSPS) is 15.9. The third kappa shape index (κ3) is 11.4. The molecule has 0 fully saturated rings. The van der Waals surface area contributed by atoms with Gasteiger partial charge in [0.15, 0.2) is 0 Å². The van der Waals surface area contributed by atoms with Crippen molar-refractivity contribution in [3.05, 3.63) is 0 Å². The van der Waals surface area contributed by atoms with Crippen molar-refractivity contribution in [2.24, 2.45) is 5.92 Å². The highest BCUT2D eigenvalue weighted by molar-refractivity contribution is 7.84. The number of ether oxygens (including phenoxy) is 1. The van der Waals surface area contributed by atoms with Gasteiger partial charge in [0.25, 0.3) is 0 Å². The summed E-state index contributed by atoms with van der Waals surface area (Å²) in [5.74, 6) is -2.25. The van der Waals surface area contributed by atoms with Crippen molar-refractivity contribution in [2.45, 2.75) is 109 Å². The third-order valence-electron chi connectivity index (χ3n) is 4.46. The largest absolute Gasteiger partial charge is 0.465 e. The number of hydrogen-bond donors (Lipinski definition) is 1. The molecule has 0 amide bonds. The molecule has 0 rings (SSSR count). The van der Waals surface area contributed by atoms with E-state index in [4.69, 9.17) is 4.74 Å². The molecule has 0 aliphatic carbocycles. The molecule has 1 N–H and O–H groups in total. The first-order chi connectivity index (χ1) is 12.9. The van der Waals surface area contributed by atoms with E-state index in [0.29, 0.717) is 12.8 Å². The summed E-state index contributed by atoms with van der Waals surface area (Å²) in [6.45, 7) is 8.88. The predicted molar refractivity (Wildman–Crippen MR) is 108 cm³/mol. The number of alkyl halides is 3. The van der Waals surface area contributed by atoms with Gasteiger partial charge in [-0.2, -0.15) is 13.2 Å². The van der Waals surface area contributed by atoms with Crippen LogP contribution in [0, 0.1) is 5.92 Å². The summed E-state index contributed by atoms with van der Waals surface area (Å²) in [6.07, 6.45) is 2.19. The fourth-order valence-corrected chi connectivity index (χ4v) is 3.54. The Bertz CT molecular complexity index is 465. The van der Waals surface area contributed by atoms with Gasteiger partial charge < -0.3 is 4.74 Å². The predicted octanol–water partition coefficient (Wildman–Crippen LogP) is 5.68. The summed E-state index contributed by atoms with van der Waals surface area (Å²) in [5, 5.41) is 0. The molecule has 4 nitrogen and oxygen atoms in total. The van der Waals surface area contributed by atoms with Crippen LogP contribution in [0.3, 0.4) is 0 Å². The van der Waals surface area contributed by atoms with E-state index in [9.17, 15) is 22.2 Å². The average Bonchev–Trinajstić information content (AvgIpc) is 2.57. The molecule has 0 radical (unpaired) electrons. The number of nitrogens with one attached hydrogen (secondary N) is 1. The number of carbonyl (C=O) groups is 1. The quantitative estimate of drug-likeness (QED) is 0.285. The fourth-order valence-electron chi connectivity index (χ4n) is 2.66. The first-order valence-electron chi connectivity index (χ1n) is 10.4. The van der Waals surface area contributed by atoms with E-state index in [-0.39, 0.29) is 13.0 Å². The van der Waals surface area contributed by atoms with E-state index in [1.54, 1.807) is 20.8 Å². The van der Waals surface area contributed by atoms with Crippen LogP contribution in [-0.2, 0) is 20.5 Å². The Labute approximate surface area is 171 Å². The van der Waals surface area contributed by atoms with E-state index in [2.05, 4.69) is 11.6 Å². The molecule has 168 valence electrons. The third-order valence-corrected chi connectivity index (χ3v) is 6.04. The Morgan fingerprint density at radius 1 is 0.964 bits per heavy atom. The second-order valence-corrected chi connectivity index (χ2v) is 10.2. The molecule has 0 heterocycles. The van der Waals surface area contributed by atoms with Crippen LogP contribution >= 0.6 is 0 Å². The summed E-state index contributed by atoms with van der Waals surface area (Å²) >= 11 is 0. The summed E-state index contributed by atoms with van der Waals surface area (Å²) in [5.41, 5.74) is 0. The SMILES string of the molecule is CCCCCCCC[C@@H](C(=O)OCCCC)[C@@H](N[S@](=O)C(C)(C)C)C(F)(F)F. The van der Waals surface area contributed by atoms with Gasteiger partial charge in [-0.05, 0) is 33.6 Å². The molecule has 0 aromatic carbocycles. The second kappa shape index (κ2) is 13.6. The zero-order chi connectivity index (χ0) is 21.8. The highest BCUT2D eigenvalue weighted by Crippen LogP contribution is 2.31. The zero-order valence-corrected chi connectivity index (χ0v) is 18.8. The summed E-state index contributed by atoms with van der Waals surface area (Å²) in [4.78, 5) is 12.4. The second-order valence-electron chi connectivity index (χ2n) is 8.20. The smallest absolute Gasteiger partial charge is 0.405 e. The van der Waals surface area contributed by atoms with Gasteiger partial charge in [-0.3, -0.25) is 4.79 Å². The van der Waals surface area contributed by atoms with Crippen LogP contribution in [0.1, 0.15) is 92.4 Å². The molecule has 0 bridgehead atoms. The first kappa shape index (κ1) is 27.4. The van der Waals surface area contributed by atoms with Crippen molar-refractivity contribution in [1.29, 1.82) is 0 Å². The number of unbranched alkanes of at least 4 members (excludes halogenated alkanes) is 6. The first-order valence-corrected chi connectivity index (χ1v) is 11.5. The van der Waals surface area contributed by atoms with E-state index >= 15 is 0 Å². The molecule has 3 atom stereocenters. The van der Waals surface area contributed by atoms with E-state index in [1.165, 1.54) is 0 Å². The topological polar surface area (TPSA) is 55.4 Å². The Balaban J connectivity index is 5.23. The molecule has 0 unspecified atom stereocenters. The van der Waals surface area contributed by atoms with Gasteiger partial charge in [0.1, 0.15) is 6.04 Å². The van der Waals surface area contributed by atoms with Gasteiger partial charge in [0.2, 0.25) is 0 Å². The number of halogens is 3. The Morgan fingerprint density at radius 3 is 2.00 bits per heavy atom. The average molecular weight is 430 g/mol. The van der Waals surface area contributed by atoms with Crippen molar-refractivity contribution < 1.29 is 26.9 Å². The standard InChI is InChI=1S/C20H38F3NO3S/c1-6-8-10-11-12-13-14-16(18(25)27-15-9-7-2)17(20(21,22)23)24-28(26)19(3,4)5/h16-17,24H,6-15H2,1-5H3/t16-,17-,28-/m1/s1. The summed E-state index contributed by atoms with van der Waals surface area (Å²) < 4.78 is 59.9. The minimum atomic E-state index is -4.70. The van der Waals surface area contributed by atoms with Crippen molar-refractivity contribution in [1.82, 2.24) is 4.72 Å². The van der Waals surface area contributed by atoms with Crippen LogP contribution in [0.5, 0.6) is 0 Å². The van der Waals surface area contributed by atoms with Gasteiger partial charge in [-0.25, -0.2) is 8.93 Å². The molecule has 28 heavy (non-hydrogen) atoms. The van der Waals surface area contributed by atoms with E-state index in [0.717, 1.165) is 38.5 Å². The monoisotopic (exact) mass is 429 g/mol. The lowest BCUT2D eigenvalue weighted by Gasteiger charge is -2.30. The number of rotatable bonds is 14. The minimum absolute atomic E-state index is 0.0651. The van der Waals surface area contributed by atoms with Gasteiger partial charge >= 0.3 is 12.1 Å². The van der Waals surface area contributed by atoms with Crippen LogP contribution in [0.4, 0.5) is 13.2 Å². The molecule has 0 aliphatic rings. The van der Waals surface area contributed by atoms with Crippen molar-refractivity contribution >= 4 is 17.0 Å². The maximum atomic E-state index is 13.7. The van der Waals surface area contributed by atoms with Gasteiger partial charge in [0, 0.05) is 0 Å². The number of esters is 1. The molecule has 0 saturated heterocycles. The highest BCUT2D eigenvalue weighted by Gasteiger charge is 2.49. The maximum absolute atomic E-state index is 13.7. The van der Waals surface area contributed by atoms with Crippen LogP contribution in [-0.4, -0.2) is 33.8 Å². The van der Waals surface area contributed by atoms with Crippen molar-refractivity contribution in [3.63, 3.8) is 0 Å². The number of carbonyl (C=O) groups excluding carboxylic acids is 1. The lowest BCUT2D eigenvalue weighted by molar-refractivity contribution is -0.179. The van der Waals surface area contributed by atoms with Crippen LogP contribution in [0.2, 0.25) is 0 Å². The molecule has 8 heteroatoms. The van der Waals surface area contributed by atoms with Crippen LogP contribution < -0.4 is 4.72 Å². The molecule has 0 aliphatic heterocycles. The molecule has 0 spiro atoms. The van der Waals surface area contributed by atoms with Gasteiger partial charge in [-0.15, -0.1) is 0 Å². The Hall–Kier alpha value is -0.630. The highest BCUT2D eigenvalue weighted by atomic mass is 32.2. The molecular weight excluding hydrogens is 391 g/mol. The minimum Gasteiger partial charge on any atom is -0.465 e. The summed E-state index contributed by atoms with van der Waals surface area (Å²) in [7, 11) is -1.95. The van der Waals surface area contributed by atoms with Crippen molar-refractivity contribution in [2.75, 3.05) is 6.61 Å². The van der Waals surface area contributed by atoms with E-state index < -0.39 is 39.8 Å².